The normalized spacial score (nSPS) is 19.5. The number of nitrogens with one attached hydrogen (secondary N) is 1. The molecule has 2 aliphatic rings. The van der Waals surface area contributed by atoms with Gasteiger partial charge in [0.1, 0.15) is 0 Å². The Hall–Kier alpha value is -3.03. The molecule has 0 spiro atoms. The number of ether oxygens (including phenoxy) is 4. The van der Waals surface area contributed by atoms with Crippen LogP contribution in [0.4, 0.5) is 0 Å². The summed E-state index contributed by atoms with van der Waals surface area (Å²) in [6.07, 6.45) is 3.26. The van der Waals surface area contributed by atoms with Crippen LogP contribution in [-0.2, 0) is 20.8 Å². The lowest BCUT2D eigenvalue weighted by Crippen LogP contribution is -2.32. The van der Waals surface area contributed by atoms with Crippen LogP contribution in [0.5, 0.6) is 11.5 Å². The third kappa shape index (κ3) is 5.57. The highest BCUT2D eigenvalue weighted by Crippen LogP contribution is 2.38. The van der Waals surface area contributed by atoms with Crippen molar-refractivity contribution >= 4 is 5.91 Å². The number of carbonyl (C=O) groups is 1. The summed E-state index contributed by atoms with van der Waals surface area (Å²) in [5.74, 6) is 1.32. The molecule has 2 heterocycles. The predicted octanol–water partition coefficient (Wildman–Crippen LogP) is 3.23. The van der Waals surface area contributed by atoms with E-state index in [4.69, 9.17) is 24.1 Å². The number of benzene rings is 2. The van der Waals surface area contributed by atoms with Gasteiger partial charge in [-0.05, 0) is 42.2 Å². The minimum Gasteiger partial charge on any atom is -0.459 e. The zero-order valence-electron chi connectivity index (χ0n) is 17.3. The van der Waals surface area contributed by atoms with Crippen molar-refractivity contribution in [2.45, 2.75) is 38.0 Å². The number of rotatable bonds is 9. The molecule has 2 aliphatic heterocycles. The molecule has 2 aromatic rings. The van der Waals surface area contributed by atoms with Gasteiger partial charge >= 0.3 is 0 Å². The van der Waals surface area contributed by atoms with Crippen molar-refractivity contribution < 1.29 is 28.8 Å². The second-order valence-corrected chi connectivity index (χ2v) is 7.50. The third-order valence-corrected chi connectivity index (χ3v) is 5.26. The van der Waals surface area contributed by atoms with Gasteiger partial charge in [-0.15, -0.1) is 0 Å². The summed E-state index contributed by atoms with van der Waals surface area (Å²) in [5.41, 5.74) is 2.02. The van der Waals surface area contributed by atoms with Gasteiger partial charge in [0.25, 0.3) is 5.91 Å². The molecule has 7 heteroatoms. The van der Waals surface area contributed by atoms with Crippen LogP contribution in [0.25, 0.3) is 0 Å². The second-order valence-electron chi connectivity index (χ2n) is 7.50. The van der Waals surface area contributed by atoms with E-state index >= 15 is 0 Å². The van der Waals surface area contributed by atoms with E-state index in [1.165, 1.54) is 0 Å². The van der Waals surface area contributed by atoms with Crippen LogP contribution in [0.2, 0.25) is 0 Å². The van der Waals surface area contributed by atoms with Gasteiger partial charge in [0, 0.05) is 25.5 Å². The molecule has 31 heavy (non-hydrogen) atoms. The highest BCUT2D eigenvalue weighted by molar-refractivity contribution is 5.91. The zero-order chi connectivity index (χ0) is 21.5. The number of hydrogen-bond donors (Lipinski definition) is 2. The molecule has 7 nitrogen and oxygen atoms in total. The SMILES string of the molecule is O=C(NCc1ccccc1)C1=C[C@H](c2ccc3c(c2)OCO3)C[C@H](OCCCCO)O1. The fourth-order valence-electron chi connectivity index (χ4n) is 3.59. The largest absolute Gasteiger partial charge is 0.459 e. The van der Waals surface area contributed by atoms with Crippen molar-refractivity contribution in [3.8, 4) is 11.5 Å². The molecule has 2 atom stereocenters. The highest BCUT2D eigenvalue weighted by Gasteiger charge is 2.29. The van der Waals surface area contributed by atoms with Crippen LogP contribution in [0.1, 0.15) is 36.3 Å². The number of aliphatic hydroxyl groups excluding tert-OH is 1. The molecular formula is C24H27NO6. The lowest BCUT2D eigenvalue weighted by Gasteiger charge is -2.29. The summed E-state index contributed by atoms with van der Waals surface area (Å²) in [6.45, 7) is 1.21. The minimum absolute atomic E-state index is 0.0661. The van der Waals surface area contributed by atoms with Gasteiger partial charge in [0.2, 0.25) is 13.1 Å². The Bertz CT molecular complexity index is 914. The van der Waals surface area contributed by atoms with E-state index < -0.39 is 6.29 Å². The molecule has 0 saturated heterocycles. The topological polar surface area (TPSA) is 86.3 Å². The summed E-state index contributed by atoms with van der Waals surface area (Å²) in [5, 5.41) is 11.9. The number of unbranched alkanes of at least 4 members (excludes halogenated alkanes) is 1. The maximum Gasteiger partial charge on any atom is 0.286 e. The second kappa shape index (κ2) is 10.3. The summed E-state index contributed by atoms with van der Waals surface area (Å²) in [6, 6.07) is 15.5. The van der Waals surface area contributed by atoms with Crippen molar-refractivity contribution in [1.29, 1.82) is 0 Å². The molecule has 0 radical (unpaired) electrons. The maximum atomic E-state index is 12.8. The summed E-state index contributed by atoms with van der Waals surface area (Å²) in [7, 11) is 0. The summed E-state index contributed by atoms with van der Waals surface area (Å²) >= 11 is 0. The first-order valence-electron chi connectivity index (χ1n) is 10.6. The molecule has 0 aliphatic carbocycles. The Morgan fingerprint density at radius 2 is 1.94 bits per heavy atom. The number of allylic oxidation sites excluding steroid dienone is 1. The van der Waals surface area contributed by atoms with Crippen LogP contribution >= 0.6 is 0 Å². The summed E-state index contributed by atoms with van der Waals surface area (Å²) in [4.78, 5) is 12.8. The first kappa shape index (κ1) is 21.2. The lowest BCUT2D eigenvalue weighted by molar-refractivity contribution is -0.146. The Morgan fingerprint density at radius 3 is 2.77 bits per heavy atom. The maximum absolute atomic E-state index is 12.8. The molecular weight excluding hydrogens is 398 g/mol. The van der Waals surface area contributed by atoms with E-state index in [-0.39, 0.29) is 31.0 Å². The smallest absolute Gasteiger partial charge is 0.286 e. The van der Waals surface area contributed by atoms with E-state index in [1.807, 2.05) is 54.6 Å². The van der Waals surface area contributed by atoms with E-state index in [0.29, 0.717) is 31.7 Å². The lowest BCUT2D eigenvalue weighted by atomic mass is 9.92. The van der Waals surface area contributed by atoms with Gasteiger partial charge in [0.05, 0.1) is 6.61 Å². The molecule has 2 N–H and O–H groups in total. The highest BCUT2D eigenvalue weighted by atomic mass is 16.7. The van der Waals surface area contributed by atoms with Crippen molar-refractivity contribution in [2.75, 3.05) is 20.0 Å². The Balaban J connectivity index is 1.47. The first-order valence-corrected chi connectivity index (χ1v) is 10.6. The van der Waals surface area contributed by atoms with Crippen LogP contribution in [0, 0.1) is 0 Å². The number of fused-ring (bicyclic) bond motifs is 1. The van der Waals surface area contributed by atoms with Gasteiger partial charge in [-0.3, -0.25) is 4.79 Å². The van der Waals surface area contributed by atoms with E-state index in [1.54, 1.807) is 0 Å². The number of hydrogen-bond acceptors (Lipinski definition) is 6. The first-order chi connectivity index (χ1) is 15.2. The van der Waals surface area contributed by atoms with Crippen LogP contribution in [0.3, 0.4) is 0 Å². The van der Waals surface area contributed by atoms with Crippen molar-refractivity contribution in [1.82, 2.24) is 5.32 Å². The fraction of sp³-hybridized carbons (Fsp3) is 0.375. The minimum atomic E-state index is -0.545. The van der Waals surface area contributed by atoms with Gasteiger partial charge in [-0.25, -0.2) is 0 Å². The number of aliphatic hydroxyl groups is 1. The van der Waals surface area contributed by atoms with Crippen molar-refractivity contribution in [3.63, 3.8) is 0 Å². The van der Waals surface area contributed by atoms with Crippen molar-refractivity contribution in [2.24, 2.45) is 0 Å². The van der Waals surface area contributed by atoms with Gasteiger partial charge in [0.15, 0.2) is 17.3 Å². The average molecular weight is 425 g/mol. The molecule has 1 amide bonds. The van der Waals surface area contributed by atoms with Crippen molar-refractivity contribution in [3.05, 3.63) is 71.5 Å². The van der Waals surface area contributed by atoms with Gasteiger partial charge < -0.3 is 29.4 Å². The average Bonchev–Trinajstić information content (AvgIpc) is 3.29. The molecule has 4 rings (SSSR count). The Labute approximate surface area is 181 Å². The monoisotopic (exact) mass is 425 g/mol. The molecule has 0 bridgehead atoms. The Kier molecular flexibility index (Phi) is 7.07. The summed E-state index contributed by atoms with van der Waals surface area (Å²) < 4.78 is 22.6. The molecule has 0 saturated carbocycles. The van der Waals surface area contributed by atoms with Gasteiger partial charge in [-0.1, -0.05) is 36.4 Å². The van der Waals surface area contributed by atoms with E-state index in [9.17, 15) is 4.79 Å². The fourth-order valence-corrected chi connectivity index (χ4v) is 3.59. The molecule has 0 aromatic heterocycles. The number of amides is 1. The molecule has 164 valence electrons. The molecule has 2 aromatic carbocycles. The van der Waals surface area contributed by atoms with Gasteiger partial charge in [-0.2, -0.15) is 0 Å². The Morgan fingerprint density at radius 1 is 1.10 bits per heavy atom. The molecule has 0 unspecified atom stereocenters. The van der Waals surface area contributed by atoms with Crippen LogP contribution in [0.15, 0.2) is 60.4 Å². The van der Waals surface area contributed by atoms with Crippen LogP contribution in [-0.4, -0.2) is 37.3 Å². The third-order valence-electron chi connectivity index (χ3n) is 5.26. The van der Waals surface area contributed by atoms with Crippen LogP contribution < -0.4 is 14.8 Å². The predicted molar refractivity (Wildman–Crippen MR) is 113 cm³/mol. The van der Waals surface area contributed by atoms with E-state index in [0.717, 1.165) is 23.3 Å². The van der Waals surface area contributed by atoms with E-state index in [2.05, 4.69) is 5.32 Å². The zero-order valence-corrected chi connectivity index (χ0v) is 17.3. The quantitative estimate of drug-likeness (QED) is 0.600. The number of carbonyl (C=O) groups excluding carboxylic acids is 1. The standard InChI is InChI=1S/C24H27NO6/c26-10-4-5-11-28-23-14-19(18-8-9-20-21(12-18)30-16-29-20)13-22(31-23)24(27)25-15-17-6-2-1-3-7-17/h1-3,6-9,12-13,19,23,26H,4-5,10-11,14-16H2,(H,25,27)/t19-,23+/m0/s1. The molecule has 0 fully saturated rings.